The number of amides is 1. The van der Waals surface area contributed by atoms with E-state index >= 15 is 0 Å². The Hall–Kier alpha value is -0.570. The van der Waals surface area contributed by atoms with Crippen LogP contribution in [0.3, 0.4) is 0 Å². The Morgan fingerprint density at radius 3 is 2.28 bits per heavy atom. The molecular formula is C15H28N2O. The molecular weight excluding hydrogens is 224 g/mol. The van der Waals surface area contributed by atoms with E-state index in [1.165, 1.54) is 19.3 Å². The minimum atomic E-state index is -0.545. The van der Waals surface area contributed by atoms with Crippen molar-refractivity contribution >= 4 is 5.91 Å². The van der Waals surface area contributed by atoms with Crippen molar-refractivity contribution in [2.75, 3.05) is 7.05 Å². The van der Waals surface area contributed by atoms with E-state index in [2.05, 4.69) is 6.92 Å². The van der Waals surface area contributed by atoms with E-state index in [4.69, 9.17) is 5.73 Å². The Morgan fingerprint density at radius 1 is 1.22 bits per heavy atom. The minimum absolute atomic E-state index is 0.194. The number of nitrogens with zero attached hydrogens (tertiary/aromatic N) is 1. The molecule has 0 saturated heterocycles. The van der Waals surface area contributed by atoms with Gasteiger partial charge in [-0.2, -0.15) is 0 Å². The van der Waals surface area contributed by atoms with E-state index in [0.717, 1.165) is 44.4 Å². The fraction of sp³-hybridized carbons (Fsp3) is 0.933. The zero-order valence-electron chi connectivity index (χ0n) is 12.0. The highest BCUT2D eigenvalue weighted by atomic mass is 16.2. The van der Waals surface area contributed by atoms with Crippen molar-refractivity contribution < 1.29 is 4.79 Å². The number of carbonyl (C=O) groups excluding carboxylic acids is 1. The molecule has 2 N–H and O–H groups in total. The van der Waals surface area contributed by atoms with Crippen LogP contribution in [0.15, 0.2) is 0 Å². The number of nitrogens with two attached hydrogens (primary N) is 1. The second kappa shape index (κ2) is 5.60. The molecule has 2 rings (SSSR count). The van der Waals surface area contributed by atoms with Crippen molar-refractivity contribution in [1.82, 2.24) is 4.90 Å². The quantitative estimate of drug-likeness (QED) is 0.839. The van der Waals surface area contributed by atoms with E-state index in [-0.39, 0.29) is 5.91 Å². The maximum Gasteiger partial charge on any atom is 0.242 e. The van der Waals surface area contributed by atoms with Crippen LogP contribution in [0.2, 0.25) is 0 Å². The first-order chi connectivity index (χ1) is 8.57. The molecule has 0 spiro atoms. The van der Waals surface area contributed by atoms with Gasteiger partial charge in [-0.05, 0) is 44.4 Å². The van der Waals surface area contributed by atoms with Crippen LogP contribution in [-0.2, 0) is 4.79 Å². The van der Waals surface area contributed by atoms with Crippen molar-refractivity contribution in [2.45, 2.75) is 76.3 Å². The third-order valence-corrected chi connectivity index (χ3v) is 5.18. The zero-order chi connectivity index (χ0) is 13.2. The second-order valence-electron chi connectivity index (χ2n) is 6.36. The number of rotatable bonds is 3. The molecule has 1 amide bonds. The Labute approximate surface area is 111 Å². The van der Waals surface area contributed by atoms with E-state index < -0.39 is 5.54 Å². The smallest absolute Gasteiger partial charge is 0.242 e. The zero-order valence-corrected chi connectivity index (χ0v) is 12.0. The molecule has 0 aromatic carbocycles. The molecule has 0 radical (unpaired) electrons. The summed E-state index contributed by atoms with van der Waals surface area (Å²) in [5, 5.41) is 0. The van der Waals surface area contributed by atoms with Crippen LogP contribution in [0.1, 0.15) is 64.7 Å². The van der Waals surface area contributed by atoms with Crippen LogP contribution in [0, 0.1) is 5.92 Å². The largest absolute Gasteiger partial charge is 0.341 e. The molecule has 104 valence electrons. The van der Waals surface area contributed by atoms with Gasteiger partial charge in [0.25, 0.3) is 0 Å². The molecule has 18 heavy (non-hydrogen) atoms. The molecule has 0 unspecified atom stereocenters. The molecule has 2 aliphatic rings. The van der Waals surface area contributed by atoms with Crippen LogP contribution in [0.25, 0.3) is 0 Å². The molecule has 3 heteroatoms. The highest BCUT2D eigenvalue weighted by Crippen LogP contribution is 2.33. The van der Waals surface area contributed by atoms with Gasteiger partial charge in [0.15, 0.2) is 0 Å². The maximum atomic E-state index is 12.5. The molecule has 3 nitrogen and oxygen atoms in total. The van der Waals surface area contributed by atoms with Gasteiger partial charge in [-0.1, -0.05) is 26.2 Å². The van der Waals surface area contributed by atoms with Gasteiger partial charge in [0.2, 0.25) is 5.91 Å². The summed E-state index contributed by atoms with van der Waals surface area (Å²) in [4.78, 5) is 14.5. The van der Waals surface area contributed by atoms with E-state index in [0.29, 0.717) is 6.04 Å². The first-order valence-electron chi connectivity index (χ1n) is 7.63. The van der Waals surface area contributed by atoms with E-state index in [1.54, 1.807) is 0 Å². The summed E-state index contributed by atoms with van der Waals surface area (Å²) in [5.74, 6) is 1.07. The minimum Gasteiger partial charge on any atom is -0.341 e. The van der Waals surface area contributed by atoms with Crippen LogP contribution in [0.4, 0.5) is 0 Å². The third kappa shape index (κ3) is 2.71. The Balaban J connectivity index is 1.91. The molecule has 0 aromatic rings. The van der Waals surface area contributed by atoms with Gasteiger partial charge in [0.05, 0.1) is 5.54 Å². The number of hydrogen-bond acceptors (Lipinski definition) is 2. The molecule has 0 atom stereocenters. The Kier molecular flexibility index (Phi) is 4.31. The van der Waals surface area contributed by atoms with Gasteiger partial charge in [0, 0.05) is 13.1 Å². The molecule has 0 aromatic heterocycles. The Bertz CT molecular complexity index is 289. The van der Waals surface area contributed by atoms with Crippen molar-refractivity contribution in [3.63, 3.8) is 0 Å². The lowest BCUT2D eigenvalue weighted by Gasteiger charge is -2.38. The lowest BCUT2D eigenvalue weighted by atomic mass is 9.83. The molecule has 2 aliphatic carbocycles. The molecule has 0 heterocycles. The van der Waals surface area contributed by atoms with Gasteiger partial charge in [-0.25, -0.2) is 0 Å². The highest BCUT2D eigenvalue weighted by molar-refractivity contribution is 5.86. The normalized spacial score (nSPS) is 31.3. The SMILES string of the molecule is CCC1CCC(N(C)C(=O)C2(N)CCCC2)CC1. The van der Waals surface area contributed by atoms with Gasteiger partial charge in [0.1, 0.15) is 0 Å². The van der Waals surface area contributed by atoms with Crippen LogP contribution in [0.5, 0.6) is 0 Å². The predicted octanol–water partition coefficient (Wildman–Crippen LogP) is 2.69. The average molecular weight is 252 g/mol. The number of carbonyl (C=O) groups is 1. The topological polar surface area (TPSA) is 46.3 Å². The summed E-state index contributed by atoms with van der Waals surface area (Å²) >= 11 is 0. The van der Waals surface area contributed by atoms with Gasteiger partial charge in [-0.3, -0.25) is 4.79 Å². The first-order valence-corrected chi connectivity index (χ1v) is 7.63. The van der Waals surface area contributed by atoms with Crippen molar-refractivity contribution in [2.24, 2.45) is 11.7 Å². The number of likely N-dealkylation sites (N-methyl/N-ethyl adjacent to an activating group) is 1. The van der Waals surface area contributed by atoms with Crippen LogP contribution >= 0.6 is 0 Å². The number of hydrogen-bond donors (Lipinski definition) is 1. The van der Waals surface area contributed by atoms with E-state index in [1.807, 2.05) is 11.9 Å². The Morgan fingerprint density at radius 2 is 1.78 bits per heavy atom. The summed E-state index contributed by atoms with van der Waals surface area (Å²) < 4.78 is 0. The maximum absolute atomic E-state index is 12.5. The van der Waals surface area contributed by atoms with Crippen molar-refractivity contribution in [3.05, 3.63) is 0 Å². The monoisotopic (exact) mass is 252 g/mol. The summed E-state index contributed by atoms with van der Waals surface area (Å²) in [7, 11) is 1.96. The molecule has 0 aliphatic heterocycles. The molecule has 2 fully saturated rings. The fourth-order valence-electron chi connectivity index (χ4n) is 3.68. The first kappa shape index (κ1) is 13.9. The van der Waals surface area contributed by atoms with Crippen molar-refractivity contribution in [3.8, 4) is 0 Å². The van der Waals surface area contributed by atoms with Gasteiger partial charge < -0.3 is 10.6 Å². The van der Waals surface area contributed by atoms with E-state index in [9.17, 15) is 4.79 Å². The highest BCUT2D eigenvalue weighted by Gasteiger charge is 2.40. The standard InChI is InChI=1S/C15H28N2O/c1-3-12-6-8-13(9-7-12)17(2)14(18)15(16)10-4-5-11-15/h12-13H,3-11,16H2,1-2H3. The second-order valence-corrected chi connectivity index (χ2v) is 6.36. The predicted molar refractivity (Wildman–Crippen MR) is 74.2 cm³/mol. The van der Waals surface area contributed by atoms with Gasteiger partial charge in [-0.15, -0.1) is 0 Å². The summed E-state index contributed by atoms with van der Waals surface area (Å²) in [6.07, 6.45) is 10.1. The lowest BCUT2D eigenvalue weighted by molar-refractivity contribution is -0.138. The lowest BCUT2D eigenvalue weighted by Crippen LogP contribution is -2.55. The third-order valence-electron chi connectivity index (χ3n) is 5.18. The van der Waals surface area contributed by atoms with Crippen LogP contribution < -0.4 is 5.73 Å². The summed E-state index contributed by atoms with van der Waals surface area (Å²) in [5.41, 5.74) is 5.73. The average Bonchev–Trinajstić information content (AvgIpc) is 2.85. The van der Waals surface area contributed by atoms with Crippen LogP contribution in [-0.4, -0.2) is 29.4 Å². The van der Waals surface area contributed by atoms with Crippen molar-refractivity contribution in [1.29, 1.82) is 0 Å². The summed E-state index contributed by atoms with van der Waals surface area (Å²) in [6.45, 7) is 2.27. The molecule has 2 saturated carbocycles. The van der Waals surface area contributed by atoms with Gasteiger partial charge >= 0.3 is 0 Å². The molecule has 0 bridgehead atoms. The fourth-order valence-corrected chi connectivity index (χ4v) is 3.68. The summed E-state index contributed by atoms with van der Waals surface area (Å²) in [6, 6.07) is 0.432.